The van der Waals surface area contributed by atoms with Crippen LogP contribution in [0.15, 0.2) is 0 Å². The zero-order valence-corrected chi connectivity index (χ0v) is 12.1. The quantitative estimate of drug-likeness (QED) is 0.318. The highest BCUT2D eigenvalue weighted by Gasteiger charge is 2.11. The predicted molar refractivity (Wildman–Crippen MR) is 74.9 cm³/mol. The Kier molecular flexibility index (Phi) is 12.9. The second-order valence-electron chi connectivity index (χ2n) is 4.93. The van der Waals surface area contributed by atoms with Crippen molar-refractivity contribution in [2.24, 2.45) is 0 Å². The molecule has 0 amide bonds. The fraction of sp³-hybridized carbons (Fsp3) is 0.867. The summed E-state index contributed by atoms with van der Waals surface area (Å²) in [4.78, 5) is 21.6. The second kappa shape index (κ2) is 13.5. The number of aliphatic hydroxyl groups excluding tert-OH is 1. The highest BCUT2D eigenvalue weighted by atomic mass is 16.6. The van der Waals surface area contributed by atoms with Gasteiger partial charge >= 0.3 is 5.97 Å². The Hall–Kier alpha value is -0.900. The van der Waals surface area contributed by atoms with Gasteiger partial charge in [-0.3, -0.25) is 9.59 Å². The van der Waals surface area contributed by atoms with Crippen LogP contribution in [-0.2, 0) is 14.3 Å². The fourth-order valence-corrected chi connectivity index (χ4v) is 1.92. The molecular formula is C15H28O4. The van der Waals surface area contributed by atoms with Gasteiger partial charge in [-0.1, -0.05) is 58.3 Å². The van der Waals surface area contributed by atoms with Crippen LogP contribution in [-0.4, -0.2) is 30.1 Å². The maximum atomic E-state index is 11.3. The van der Waals surface area contributed by atoms with Gasteiger partial charge in [-0.15, -0.1) is 0 Å². The van der Waals surface area contributed by atoms with Crippen molar-refractivity contribution in [2.75, 3.05) is 6.61 Å². The minimum absolute atomic E-state index is 0.334. The molecule has 4 nitrogen and oxygen atoms in total. The van der Waals surface area contributed by atoms with Crippen LogP contribution in [0.3, 0.4) is 0 Å². The lowest BCUT2D eigenvalue weighted by Crippen LogP contribution is -2.23. The van der Waals surface area contributed by atoms with Crippen LogP contribution in [0, 0.1) is 0 Å². The number of carbonyl (C=O) groups excluding carboxylic acids is 2. The molecule has 0 fully saturated rings. The first-order valence-corrected chi connectivity index (χ1v) is 7.50. The summed E-state index contributed by atoms with van der Waals surface area (Å²) in [7, 11) is 0. The molecule has 1 unspecified atom stereocenters. The van der Waals surface area contributed by atoms with Gasteiger partial charge in [0, 0.05) is 6.42 Å². The predicted octanol–water partition coefficient (Wildman–Crippen LogP) is 3.01. The van der Waals surface area contributed by atoms with Gasteiger partial charge < -0.3 is 9.84 Å². The maximum Gasteiger partial charge on any atom is 0.306 e. The van der Waals surface area contributed by atoms with Crippen molar-refractivity contribution in [2.45, 2.75) is 77.2 Å². The van der Waals surface area contributed by atoms with E-state index in [0.717, 1.165) is 19.3 Å². The summed E-state index contributed by atoms with van der Waals surface area (Å²) in [6, 6.07) is 0. The highest BCUT2D eigenvalue weighted by molar-refractivity contribution is 5.72. The fourth-order valence-electron chi connectivity index (χ4n) is 1.92. The number of unbranched alkanes of at least 4 members (excludes halogenated alkanes) is 8. The van der Waals surface area contributed by atoms with E-state index in [4.69, 9.17) is 9.84 Å². The van der Waals surface area contributed by atoms with E-state index in [1.165, 1.54) is 38.5 Å². The van der Waals surface area contributed by atoms with E-state index in [-0.39, 0.29) is 0 Å². The average molecular weight is 272 g/mol. The zero-order valence-electron chi connectivity index (χ0n) is 12.1. The molecule has 0 aliphatic carbocycles. The summed E-state index contributed by atoms with van der Waals surface area (Å²) in [6.45, 7) is 1.78. The Labute approximate surface area is 116 Å². The van der Waals surface area contributed by atoms with Crippen LogP contribution in [0.4, 0.5) is 0 Å². The third-order valence-corrected chi connectivity index (χ3v) is 3.10. The standard InChI is InChI=1S/C15H28O4/c1-2-3-4-5-6-7-8-9-10-11-15(18)19-14(12-16)13-17/h12,14,17H,2-11,13H2,1H3. The number of aliphatic hydroxyl groups is 1. The van der Waals surface area contributed by atoms with Gasteiger partial charge in [0.05, 0.1) is 6.61 Å². The van der Waals surface area contributed by atoms with Crippen LogP contribution in [0.5, 0.6) is 0 Å². The number of carbonyl (C=O) groups is 2. The number of hydrogen-bond acceptors (Lipinski definition) is 4. The topological polar surface area (TPSA) is 63.6 Å². The summed E-state index contributed by atoms with van der Waals surface area (Å²) >= 11 is 0. The molecule has 4 heteroatoms. The van der Waals surface area contributed by atoms with Gasteiger partial charge in [0.25, 0.3) is 0 Å². The van der Waals surface area contributed by atoms with E-state index in [1.54, 1.807) is 0 Å². The molecule has 0 aromatic heterocycles. The van der Waals surface area contributed by atoms with Crippen molar-refractivity contribution in [1.29, 1.82) is 0 Å². The van der Waals surface area contributed by atoms with Crippen molar-refractivity contribution in [3.8, 4) is 0 Å². The molecule has 0 saturated heterocycles. The molecule has 0 heterocycles. The van der Waals surface area contributed by atoms with Gasteiger partial charge in [-0.05, 0) is 6.42 Å². The minimum atomic E-state index is -0.994. The molecule has 0 spiro atoms. The van der Waals surface area contributed by atoms with E-state index in [2.05, 4.69) is 6.92 Å². The highest BCUT2D eigenvalue weighted by Crippen LogP contribution is 2.10. The van der Waals surface area contributed by atoms with Gasteiger partial charge in [-0.2, -0.15) is 0 Å². The first-order chi connectivity index (χ1) is 9.24. The molecule has 0 radical (unpaired) electrons. The number of esters is 1. The largest absolute Gasteiger partial charge is 0.452 e. The number of ether oxygens (including phenoxy) is 1. The molecule has 19 heavy (non-hydrogen) atoms. The zero-order chi connectivity index (χ0) is 14.3. The molecule has 0 aromatic rings. The minimum Gasteiger partial charge on any atom is -0.452 e. The van der Waals surface area contributed by atoms with Gasteiger partial charge in [-0.25, -0.2) is 0 Å². The van der Waals surface area contributed by atoms with Crippen molar-refractivity contribution < 1.29 is 19.4 Å². The van der Waals surface area contributed by atoms with Gasteiger partial charge in [0.15, 0.2) is 12.4 Å². The first-order valence-electron chi connectivity index (χ1n) is 7.50. The van der Waals surface area contributed by atoms with E-state index in [0.29, 0.717) is 12.7 Å². The lowest BCUT2D eigenvalue weighted by Gasteiger charge is -2.08. The van der Waals surface area contributed by atoms with E-state index >= 15 is 0 Å². The van der Waals surface area contributed by atoms with Crippen LogP contribution >= 0.6 is 0 Å². The monoisotopic (exact) mass is 272 g/mol. The van der Waals surface area contributed by atoms with Crippen LogP contribution < -0.4 is 0 Å². The summed E-state index contributed by atoms with van der Waals surface area (Å²) in [5.41, 5.74) is 0. The van der Waals surface area contributed by atoms with E-state index < -0.39 is 18.7 Å². The summed E-state index contributed by atoms with van der Waals surface area (Å²) < 4.78 is 4.76. The Morgan fingerprint density at radius 2 is 1.58 bits per heavy atom. The molecule has 0 aliphatic heterocycles. The lowest BCUT2D eigenvalue weighted by molar-refractivity contribution is -0.153. The Bertz CT molecular complexity index is 228. The normalized spacial score (nSPS) is 12.1. The van der Waals surface area contributed by atoms with Crippen LogP contribution in [0.25, 0.3) is 0 Å². The van der Waals surface area contributed by atoms with Gasteiger partial charge in [0.2, 0.25) is 0 Å². The number of aldehydes is 1. The van der Waals surface area contributed by atoms with Crippen molar-refractivity contribution in [3.05, 3.63) is 0 Å². The maximum absolute atomic E-state index is 11.3. The lowest BCUT2D eigenvalue weighted by atomic mass is 10.1. The number of hydrogen-bond donors (Lipinski definition) is 1. The summed E-state index contributed by atoms with van der Waals surface area (Å²) in [5.74, 6) is -0.394. The van der Waals surface area contributed by atoms with Crippen molar-refractivity contribution >= 4 is 12.3 Å². The average Bonchev–Trinajstić information content (AvgIpc) is 2.43. The summed E-state index contributed by atoms with van der Waals surface area (Å²) in [5, 5.41) is 8.70. The van der Waals surface area contributed by atoms with Crippen molar-refractivity contribution in [3.63, 3.8) is 0 Å². The Morgan fingerprint density at radius 1 is 1.05 bits per heavy atom. The third kappa shape index (κ3) is 11.9. The number of rotatable bonds is 13. The molecule has 112 valence electrons. The molecular weight excluding hydrogens is 244 g/mol. The first kappa shape index (κ1) is 18.1. The molecule has 0 bridgehead atoms. The Balaban J connectivity index is 3.29. The molecule has 0 saturated carbocycles. The Morgan fingerprint density at radius 3 is 2.05 bits per heavy atom. The summed E-state index contributed by atoms with van der Waals surface area (Å²) in [6.07, 6.45) is 10.5. The SMILES string of the molecule is CCCCCCCCCCCC(=O)OC(C=O)CO. The van der Waals surface area contributed by atoms with Gasteiger partial charge in [0.1, 0.15) is 0 Å². The van der Waals surface area contributed by atoms with E-state index in [9.17, 15) is 9.59 Å². The molecule has 0 aromatic carbocycles. The van der Waals surface area contributed by atoms with Crippen LogP contribution in [0.2, 0.25) is 0 Å². The second-order valence-corrected chi connectivity index (χ2v) is 4.93. The smallest absolute Gasteiger partial charge is 0.306 e. The van der Waals surface area contributed by atoms with Crippen molar-refractivity contribution in [1.82, 2.24) is 0 Å². The molecule has 0 aliphatic rings. The molecule has 1 atom stereocenters. The van der Waals surface area contributed by atoms with E-state index in [1.807, 2.05) is 0 Å². The third-order valence-electron chi connectivity index (χ3n) is 3.10. The molecule has 0 rings (SSSR count). The molecule has 1 N–H and O–H groups in total. The van der Waals surface area contributed by atoms with Crippen LogP contribution in [0.1, 0.15) is 71.1 Å².